The van der Waals surface area contributed by atoms with E-state index in [-0.39, 0.29) is 63.5 Å². The second kappa shape index (κ2) is 34.1. The van der Waals surface area contributed by atoms with Gasteiger partial charge in [-0.3, -0.25) is 68.0 Å². The van der Waals surface area contributed by atoms with Gasteiger partial charge in [0.05, 0.1) is 31.6 Å². The van der Waals surface area contributed by atoms with Gasteiger partial charge >= 0.3 is 0 Å². The van der Waals surface area contributed by atoms with E-state index in [1.54, 1.807) is 30.7 Å². The number of imidazole rings is 1. The van der Waals surface area contributed by atoms with Gasteiger partial charge in [-0.05, 0) is 78.2 Å². The van der Waals surface area contributed by atoms with Crippen LogP contribution >= 0.6 is 21.6 Å². The van der Waals surface area contributed by atoms with Crippen LogP contribution in [0.4, 0.5) is 0 Å². The van der Waals surface area contributed by atoms with Gasteiger partial charge in [0, 0.05) is 54.9 Å². The number of rotatable bonds is 14. The van der Waals surface area contributed by atoms with Crippen LogP contribution in [0.5, 0.6) is 0 Å². The highest BCUT2D eigenvalue weighted by Crippen LogP contribution is 2.23. The quantitative estimate of drug-likeness (QED) is 0.0310. The number of hydrogen-bond donors (Lipinski definition) is 18. The molecular weight excluding hydrogens is 1130 g/mol. The fourth-order valence-corrected chi connectivity index (χ4v) is 9.68. The van der Waals surface area contributed by atoms with E-state index in [4.69, 9.17) is 22.9 Å². The maximum absolute atomic E-state index is 14.3. The Hall–Kier alpha value is -8.66. The summed E-state index contributed by atoms with van der Waals surface area (Å²) in [5.74, 6) is -9.26. The molecule has 1 aliphatic heterocycles. The van der Waals surface area contributed by atoms with Crippen LogP contribution in [0.3, 0.4) is 0 Å². The van der Waals surface area contributed by atoms with Crippen molar-refractivity contribution in [3.05, 3.63) is 54.2 Å². The third kappa shape index (κ3) is 22.9. The normalized spacial score (nSPS) is 25.0. The van der Waals surface area contributed by atoms with Crippen LogP contribution in [0.2, 0.25) is 0 Å². The summed E-state index contributed by atoms with van der Waals surface area (Å²) >= 11 is 0. The minimum atomic E-state index is -1.38. The Morgan fingerprint density at radius 1 is 0.548 bits per heavy atom. The summed E-state index contributed by atoms with van der Waals surface area (Å²) in [6, 6.07) is -3.10. The fraction of sp³-hybridized carbons (Fsp3) is 0.520. The van der Waals surface area contributed by atoms with Crippen molar-refractivity contribution >= 4 is 109 Å². The lowest BCUT2D eigenvalue weighted by Gasteiger charge is -2.27. The number of guanidine groups is 2. The van der Waals surface area contributed by atoms with Crippen molar-refractivity contribution < 1.29 is 52.7 Å². The van der Waals surface area contributed by atoms with Crippen molar-refractivity contribution in [2.75, 3.05) is 32.4 Å². The number of aliphatic imine (C=N–C) groups is 2. The van der Waals surface area contributed by atoms with Crippen molar-refractivity contribution in [1.29, 1.82) is 0 Å². The zero-order valence-electron chi connectivity index (χ0n) is 47.3. The van der Waals surface area contributed by atoms with E-state index in [1.165, 1.54) is 47.1 Å². The summed E-state index contributed by atoms with van der Waals surface area (Å²) in [5.41, 5.74) is 23.8. The number of benzene rings is 1. The Bertz CT molecular complexity index is 2840. The first-order valence-corrected chi connectivity index (χ1v) is 29.3. The number of nitrogens with one attached hydrogen (secondary N) is 14. The largest absolute Gasteiger partial charge is 0.370 e. The number of amides is 11. The van der Waals surface area contributed by atoms with Gasteiger partial charge in [-0.1, -0.05) is 39.8 Å². The van der Waals surface area contributed by atoms with Gasteiger partial charge in [0.25, 0.3) is 5.91 Å². The monoisotopic (exact) mass is 1210 g/mol. The van der Waals surface area contributed by atoms with E-state index in [0.29, 0.717) is 11.3 Å². The van der Waals surface area contributed by atoms with Gasteiger partial charge in [-0.15, -0.1) is 0 Å². The molecule has 1 unspecified atom stereocenters. The smallest absolute Gasteiger partial charge is 0.255 e. The average molecular weight is 1210 g/mol. The molecule has 0 aliphatic carbocycles. The lowest BCUT2D eigenvalue weighted by atomic mass is 10.0. The summed E-state index contributed by atoms with van der Waals surface area (Å²) in [7, 11) is 2.09. The van der Waals surface area contributed by atoms with Gasteiger partial charge in [-0.25, -0.2) is 4.98 Å². The molecule has 22 N–H and O–H groups in total. The Labute approximate surface area is 491 Å². The maximum Gasteiger partial charge on any atom is 0.255 e. The Balaban J connectivity index is 1.67. The molecule has 0 saturated carbocycles. The molecule has 0 radical (unpaired) electrons. The number of H-pyrrole nitrogens is 2. The SMILES string of the molecule is CSSC1NC(=O)[C@H](CCCN=C(N)N)NC(=O)[C@H](C)NC(=O)CNC(=O)[C@H](C)NC(=O)[C@H](C)NC(=O)[C@H](C)NC(=O)[C@H](Cc2c[nH]c3ccccc23)NC(=O)[C@H](CCCN=C(N)N)NC(=O)CNC(=O)[C@H](Cc2cnc[nH]2)N[C@H](C)NC1=O. The zero-order chi connectivity index (χ0) is 62.0. The summed E-state index contributed by atoms with van der Waals surface area (Å²) in [5, 5.41) is 30.5. The van der Waals surface area contributed by atoms with Gasteiger partial charge < -0.3 is 91.4 Å². The summed E-state index contributed by atoms with van der Waals surface area (Å²) in [6.45, 7) is 5.62. The number of fused-ring (bicyclic) bond motifs is 1. The Kier molecular flexibility index (Phi) is 27.5. The van der Waals surface area contributed by atoms with Crippen LogP contribution in [0.1, 0.15) is 71.6 Å². The van der Waals surface area contributed by atoms with Crippen molar-refractivity contribution in [2.45, 2.75) is 133 Å². The van der Waals surface area contributed by atoms with E-state index < -0.39 is 138 Å². The lowest BCUT2D eigenvalue weighted by Crippen LogP contribution is -2.59. The second-order valence-electron chi connectivity index (χ2n) is 19.5. The molecule has 1 fully saturated rings. The summed E-state index contributed by atoms with van der Waals surface area (Å²) in [6.07, 6.45) is 5.26. The van der Waals surface area contributed by atoms with Gasteiger partial charge in [0.15, 0.2) is 17.3 Å². The zero-order valence-corrected chi connectivity index (χ0v) is 49.0. The maximum atomic E-state index is 14.3. The van der Waals surface area contributed by atoms with Crippen molar-refractivity contribution in [3.8, 4) is 0 Å². The average Bonchev–Trinajstić information content (AvgIpc) is 4.35. The number of para-hydroxylation sites is 1. The second-order valence-corrected chi connectivity index (χ2v) is 22.1. The predicted molar refractivity (Wildman–Crippen MR) is 314 cm³/mol. The summed E-state index contributed by atoms with van der Waals surface area (Å²) in [4.78, 5) is 168. The Morgan fingerprint density at radius 2 is 1.06 bits per heavy atom. The third-order valence-corrected chi connectivity index (χ3v) is 14.5. The van der Waals surface area contributed by atoms with Gasteiger partial charge in [-0.2, -0.15) is 0 Å². The minimum absolute atomic E-state index is 0.0360. The van der Waals surface area contributed by atoms with Crippen LogP contribution < -0.4 is 86.7 Å². The number of carbonyl (C=O) groups excluding carboxylic acids is 11. The molecule has 3 heterocycles. The van der Waals surface area contributed by atoms with E-state index in [2.05, 4.69) is 88.7 Å². The van der Waals surface area contributed by atoms with Crippen LogP contribution in [-0.4, -0.2) is 184 Å². The highest BCUT2D eigenvalue weighted by molar-refractivity contribution is 8.76. The third-order valence-electron chi connectivity index (χ3n) is 12.6. The highest BCUT2D eigenvalue weighted by Gasteiger charge is 2.33. The number of aromatic amines is 2. The minimum Gasteiger partial charge on any atom is -0.370 e. The van der Waals surface area contributed by atoms with E-state index in [9.17, 15) is 52.7 Å². The van der Waals surface area contributed by atoms with E-state index in [1.807, 2.05) is 6.07 Å². The van der Waals surface area contributed by atoms with Crippen LogP contribution in [-0.2, 0) is 65.6 Å². The van der Waals surface area contributed by atoms with Crippen molar-refractivity contribution in [1.82, 2.24) is 78.8 Å². The lowest BCUT2D eigenvalue weighted by molar-refractivity contribution is -0.135. The molecule has 1 saturated heterocycles. The fourth-order valence-electron chi connectivity index (χ4n) is 8.18. The van der Waals surface area contributed by atoms with Gasteiger partial charge in [0.1, 0.15) is 42.3 Å². The van der Waals surface area contributed by atoms with Crippen molar-refractivity contribution in [2.24, 2.45) is 32.9 Å². The molecular formula is C50H77N21O11S2. The molecule has 84 heavy (non-hydrogen) atoms. The first-order valence-electron chi connectivity index (χ1n) is 26.7. The molecule has 0 spiro atoms. The molecule has 3 aromatic rings. The summed E-state index contributed by atoms with van der Waals surface area (Å²) < 4.78 is 0. The van der Waals surface area contributed by atoms with Crippen LogP contribution in [0.25, 0.3) is 10.9 Å². The topological polar surface area (TPSA) is 505 Å². The molecule has 1 aromatic carbocycles. The molecule has 11 amide bonds. The number of aromatic nitrogens is 3. The standard InChI is InChI=1S/C50H77N21O11S2/c1-24-39(74)59-21-37(72)62-25(2)42(77)69-34(14-10-16-57-50(53)54)45(80)71-48(84-83-6)47(82)67-28(5)66-36(18-30-20-55-23-61-30)43(78)60-22-38(73)68-33(13-9-15-56-49(51)52)44(79)70-35(17-29-19-58-32-12-8-7-11-31(29)32)46(81)65-27(4)41(76)64-26(3)40(75)63-24/h7-8,11-12,19-20,23-28,33-36,48,58,66H,9-10,13-18,21-22H2,1-6H3,(H,55,61)(H,59,74)(H,60,78)(H,62,72)(H,63,75)(H,64,76)(H,65,81)(H,67,82)(H,68,73)(H,69,77)(H,70,79)(H,71,80)(H4,51,52,56)(H4,53,54,57)/t24-,25-,26-,27-,28-,33-,34-,35-,36-,48?/m0/s1. The molecule has 2 aromatic heterocycles. The molecule has 34 heteroatoms. The van der Waals surface area contributed by atoms with E-state index >= 15 is 0 Å². The van der Waals surface area contributed by atoms with Crippen molar-refractivity contribution in [3.63, 3.8) is 0 Å². The highest BCUT2D eigenvalue weighted by atomic mass is 33.1. The van der Waals surface area contributed by atoms with Gasteiger partial charge in [0.2, 0.25) is 59.1 Å². The molecule has 460 valence electrons. The predicted octanol–water partition coefficient (Wildman–Crippen LogP) is -5.62. The Morgan fingerprint density at radius 3 is 1.65 bits per heavy atom. The van der Waals surface area contributed by atoms with Crippen LogP contribution in [0, 0.1) is 0 Å². The number of hydrogen-bond acceptors (Lipinski definition) is 17. The number of nitrogens with two attached hydrogens (primary N) is 4. The first-order chi connectivity index (χ1) is 39.8. The number of carbonyl (C=O) groups is 11. The molecule has 4 rings (SSSR count). The molecule has 1 aliphatic rings. The first kappa shape index (κ1) is 67.8. The molecule has 10 atom stereocenters. The molecule has 0 bridgehead atoms. The van der Waals surface area contributed by atoms with Crippen LogP contribution in [0.15, 0.2) is 53.0 Å². The number of nitrogens with zero attached hydrogens (tertiary/aromatic N) is 3. The molecule has 32 nitrogen and oxygen atoms in total. The van der Waals surface area contributed by atoms with E-state index in [0.717, 1.165) is 32.5 Å².